The lowest BCUT2D eigenvalue weighted by Crippen LogP contribution is -2.27. The van der Waals surface area contributed by atoms with Gasteiger partial charge in [-0.1, -0.05) is 56.3 Å². The van der Waals surface area contributed by atoms with Crippen LogP contribution in [0.15, 0.2) is 36.4 Å². The third kappa shape index (κ3) is 7.34. The molecule has 9 nitrogen and oxygen atoms in total. The summed E-state index contributed by atoms with van der Waals surface area (Å²) >= 11 is 0. The van der Waals surface area contributed by atoms with Crippen molar-refractivity contribution in [3.05, 3.63) is 47.7 Å². The van der Waals surface area contributed by atoms with Crippen molar-refractivity contribution in [2.45, 2.75) is 44.8 Å². The fourth-order valence-electron chi connectivity index (χ4n) is 3.11. The van der Waals surface area contributed by atoms with Gasteiger partial charge in [0.25, 0.3) is 0 Å². The monoisotopic (exact) mass is 477 g/mol. The lowest BCUT2D eigenvalue weighted by molar-refractivity contribution is -0.143. The van der Waals surface area contributed by atoms with Crippen LogP contribution in [0.1, 0.15) is 43.9 Å². The molecule has 1 aromatic carbocycles. The van der Waals surface area contributed by atoms with Crippen molar-refractivity contribution >= 4 is 28.0 Å². The van der Waals surface area contributed by atoms with Gasteiger partial charge in [-0.2, -0.15) is 0 Å². The number of anilines is 1. The molecular formula is C23H31N3O6S. The van der Waals surface area contributed by atoms with Gasteiger partial charge in [0.2, 0.25) is 16.0 Å². The Morgan fingerprint density at radius 1 is 1.18 bits per heavy atom. The van der Waals surface area contributed by atoms with Crippen LogP contribution < -0.4 is 4.31 Å². The van der Waals surface area contributed by atoms with Crippen molar-refractivity contribution in [2.24, 2.45) is 0 Å². The number of sulfonamides is 1. The first-order valence-electron chi connectivity index (χ1n) is 10.5. The minimum atomic E-state index is -3.58. The van der Waals surface area contributed by atoms with Crippen molar-refractivity contribution in [1.29, 1.82) is 0 Å². The van der Waals surface area contributed by atoms with E-state index >= 15 is 0 Å². The lowest BCUT2D eigenvalue weighted by atomic mass is 9.97. The highest BCUT2D eigenvalue weighted by Crippen LogP contribution is 2.31. The van der Waals surface area contributed by atoms with Crippen molar-refractivity contribution in [3.63, 3.8) is 0 Å². The summed E-state index contributed by atoms with van der Waals surface area (Å²) in [6, 6.07) is 9.25. The van der Waals surface area contributed by atoms with E-state index < -0.39 is 28.2 Å². The second kappa shape index (κ2) is 11.4. The van der Waals surface area contributed by atoms with Crippen LogP contribution in [0.4, 0.5) is 5.95 Å². The molecule has 0 amide bonds. The van der Waals surface area contributed by atoms with E-state index in [2.05, 4.69) is 14.7 Å². The number of aliphatic hydroxyl groups excluding tert-OH is 2. The molecule has 33 heavy (non-hydrogen) atoms. The summed E-state index contributed by atoms with van der Waals surface area (Å²) < 4.78 is 29.8. The van der Waals surface area contributed by atoms with Gasteiger partial charge in [-0.3, -0.25) is 4.79 Å². The standard InChI is InChI=1S/C23H31N3O6S/c1-15(2)21-19(12-11-17(27)13-18(28)14-20(29)32-4)22(16-9-7-6-8-10-16)25-23(24-21)26(3)33(5,30)31/h6-12,15,17-18,27-28H,13-14H2,1-5H3/b12-11+/t17-,18-/m1/s1. The van der Waals surface area contributed by atoms with E-state index in [1.54, 1.807) is 6.08 Å². The Bertz CT molecular complexity index is 1090. The molecule has 1 heterocycles. The summed E-state index contributed by atoms with van der Waals surface area (Å²) in [5.41, 5.74) is 2.50. The van der Waals surface area contributed by atoms with E-state index in [4.69, 9.17) is 0 Å². The van der Waals surface area contributed by atoms with Gasteiger partial charge in [0.15, 0.2) is 0 Å². The average Bonchev–Trinajstić information content (AvgIpc) is 2.76. The average molecular weight is 478 g/mol. The second-order valence-corrected chi connectivity index (χ2v) is 10.0. The minimum Gasteiger partial charge on any atom is -0.469 e. The molecule has 0 spiro atoms. The van der Waals surface area contributed by atoms with Crippen molar-refractivity contribution in [1.82, 2.24) is 9.97 Å². The summed E-state index contributed by atoms with van der Waals surface area (Å²) in [6.45, 7) is 3.85. The molecule has 10 heteroatoms. The van der Waals surface area contributed by atoms with Gasteiger partial charge in [0.05, 0.1) is 43.4 Å². The van der Waals surface area contributed by atoms with E-state index in [1.165, 1.54) is 20.2 Å². The normalized spacial score (nSPS) is 13.8. The summed E-state index contributed by atoms with van der Waals surface area (Å²) in [6.07, 6.45) is 1.87. The number of methoxy groups -OCH3 is 1. The van der Waals surface area contributed by atoms with Gasteiger partial charge >= 0.3 is 5.97 Å². The molecular weight excluding hydrogens is 446 g/mol. The number of hydrogen-bond acceptors (Lipinski definition) is 8. The number of carbonyl (C=O) groups excluding carboxylic acids is 1. The van der Waals surface area contributed by atoms with Gasteiger partial charge in [-0.25, -0.2) is 22.7 Å². The van der Waals surface area contributed by atoms with Crippen molar-refractivity contribution in [3.8, 4) is 11.3 Å². The molecule has 2 N–H and O–H groups in total. The van der Waals surface area contributed by atoms with Crippen molar-refractivity contribution < 1.29 is 28.2 Å². The predicted molar refractivity (Wildman–Crippen MR) is 127 cm³/mol. The molecule has 0 fully saturated rings. The first-order valence-corrected chi connectivity index (χ1v) is 12.3. The predicted octanol–water partition coefficient (Wildman–Crippen LogP) is 2.35. The molecule has 0 radical (unpaired) electrons. The molecule has 0 saturated carbocycles. The van der Waals surface area contributed by atoms with Gasteiger partial charge in [0, 0.05) is 24.6 Å². The Kier molecular flexibility index (Phi) is 9.09. The Morgan fingerprint density at radius 3 is 2.36 bits per heavy atom. The number of rotatable bonds is 10. The molecule has 2 rings (SSSR count). The third-order valence-corrected chi connectivity index (χ3v) is 6.12. The number of ether oxygens (including phenoxy) is 1. The topological polar surface area (TPSA) is 130 Å². The molecule has 0 saturated heterocycles. The Morgan fingerprint density at radius 2 is 1.82 bits per heavy atom. The maximum Gasteiger partial charge on any atom is 0.308 e. The highest BCUT2D eigenvalue weighted by Gasteiger charge is 2.22. The van der Waals surface area contributed by atoms with E-state index in [1.807, 2.05) is 44.2 Å². The molecule has 1 aromatic heterocycles. The minimum absolute atomic E-state index is 0.0475. The maximum absolute atomic E-state index is 12.1. The summed E-state index contributed by atoms with van der Waals surface area (Å²) in [5, 5.41) is 20.4. The molecule has 180 valence electrons. The number of hydrogen-bond donors (Lipinski definition) is 2. The van der Waals surface area contributed by atoms with Gasteiger partial charge < -0.3 is 14.9 Å². The number of carbonyl (C=O) groups is 1. The number of nitrogens with zero attached hydrogens (tertiary/aromatic N) is 3. The fourth-order valence-corrected chi connectivity index (χ4v) is 3.49. The molecule has 0 bridgehead atoms. The number of benzene rings is 1. The van der Waals surface area contributed by atoms with Crippen LogP contribution >= 0.6 is 0 Å². The molecule has 2 atom stereocenters. The molecule has 0 aliphatic rings. The summed E-state index contributed by atoms with van der Waals surface area (Å²) in [4.78, 5) is 20.4. The molecule has 2 aromatic rings. The highest BCUT2D eigenvalue weighted by atomic mass is 32.2. The first-order chi connectivity index (χ1) is 15.4. The summed E-state index contributed by atoms with van der Waals surface area (Å²) in [5.74, 6) is -0.596. The number of aliphatic hydroxyl groups is 2. The van der Waals surface area contributed by atoms with Gasteiger partial charge in [-0.15, -0.1) is 0 Å². The van der Waals surface area contributed by atoms with Gasteiger partial charge in [0.1, 0.15) is 0 Å². The van der Waals surface area contributed by atoms with Crippen LogP contribution in [0, 0.1) is 0 Å². The van der Waals surface area contributed by atoms with Crippen LogP contribution in [0.2, 0.25) is 0 Å². The SMILES string of the molecule is COC(=O)C[C@H](O)C[C@H](O)/C=C/c1c(-c2ccccc2)nc(N(C)S(C)(=O)=O)nc1C(C)C. The highest BCUT2D eigenvalue weighted by molar-refractivity contribution is 7.92. The second-order valence-electron chi connectivity index (χ2n) is 8.02. The zero-order valence-corrected chi connectivity index (χ0v) is 20.3. The largest absolute Gasteiger partial charge is 0.469 e. The quantitative estimate of drug-likeness (QED) is 0.499. The smallest absolute Gasteiger partial charge is 0.308 e. The lowest BCUT2D eigenvalue weighted by Gasteiger charge is -2.20. The molecule has 0 aliphatic heterocycles. The summed E-state index contributed by atoms with van der Waals surface area (Å²) in [7, 11) is -0.951. The first kappa shape index (κ1) is 26.4. The van der Waals surface area contributed by atoms with Crippen LogP contribution in [0.3, 0.4) is 0 Å². The van der Waals surface area contributed by atoms with Gasteiger partial charge in [-0.05, 0) is 5.92 Å². The Labute approximate surface area is 194 Å². The van der Waals surface area contributed by atoms with E-state index in [0.29, 0.717) is 17.0 Å². The van der Waals surface area contributed by atoms with Crippen LogP contribution in [0.25, 0.3) is 17.3 Å². The maximum atomic E-state index is 12.1. The van der Waals surface area contributed by atoms with Crippen LogP contribution in [-0.2, 0) is 19.6 Å². The number of esters is 1. The Hall–Kier alpha value is -2.82. The van der Waals surface area contributed by atoms with Crippen molar-refractivity contribution in [2.75, 3.05) is 24.7 Å². The molecule has 0 aliphatic carbocycles. The van der Waals surface area contributed by atoms with Crippen LogP contribution in [0.5, 0.6) is 0 Å². The van der Waals surface area contributed by atoms with E-state index in [9.17, 15) is 23.4 Å². The zero-order chi connectivity index (χ0) is 24.8. The zero-order valence-electron chi connectivity index (χ0n) is 19.5. The fraction of sp³-hybridized carbons (Fsp3) is 0.435. The molecule has 0 unspecified atom stereocenters. The van der Waals surface area contributed by atoms with Crippen LogP contribution in [-0.4, -0.2) is 67.2 Å². The third-order valence-electron chi connectivity index (χ3n) is 4.97. The van der Waals surface area contributed by atoms with E-state index in [-0.39, 0.29) is 24.7 Å². The van der Waals surface area contributed by atoms with E-state index in [0.717, 1.165) is 16.1 Å². The number of aromatic nitrogens is 2. The Balaban J connectivity index is 2.53.